The van der Waals surface area contributed by atoms with Crippen LogP contribution in [-0.2, 0) is 11.8 Å². The molecule has 0 spiro atoms. The molecule has 9 heteroatoms. The van der Waals surface area contributed by atoms with Crippen molar-refractivity contribution < 1.29 is 13.9 Å². The van der Waals surface area contributed by atoms with E-state index in [2.05, 4.69) is 10.1 Å². The molecule has 1 amide bonds. The number of carbonyl (C=O) groups excluding carboxylic acids is 1. The fraction of sp³-hybridized carbons (Fsp3) is 0.407. The van der Waals surface area contributed by atoms with E-state index in [0.29, 0.717) is 37.0 Å². The predicted molar refractivity (Wildman–Crippen MR) is 136 cm³/mol. The number of hydrogen-bond donors (Lipinski definition) is 0. The summed E-state index contributed by atoms with van der Waals surface area (Å²) in [5.74, 6) is -0.593. The van der Waals surface area contributed by atoms with Gasteiger partial charge in [0.1, 0.15) is 16.8 Å². The summed E-state index contributed by atoms with van der Waals surface area (Å²) in [6, 6.07) is 6.93. The number of halogens is 1. The smallest absolute Gasteiger partial charge is 0.410 e. The molecule has 0 aliphatic carbocycles. The van der Waals surface area contributed by atoms with E-state index in [9.17, 15) is 9.59 Å². The third-order valence-electron chi connectivity index (χ3n) is 6.60. The predicted octanol–water partition coefficient (Wildman–Crippen LogP) is 4.97. The van der Waals surface area contributed by atoms with Crippen LogP contribution in [0.15, 0.2) is 41.6 Å². The van der Waals surface area contributed by atoms with Gasteiger partial charge in [0.25, 0.3) is 5.56 Å². The lowest BCUT2D eigenvalue weighted by Crippen LogP contribution is -2.43. The number of carbonyl (C=O) groups is 1. The molecule has 1 fully saturated rings. The summed E-state index contributed by atoms with van der Waals surface area (Å²) in [6.07, 6.45) is 4.20. The Morgan fingerprint density at radius 3 is 2.50 bits per heavy atom. The highest BCUT2D eigenvalue weighted by Crippen LogP contribution is 2.30. The van der Waals surface area contributed by atoms with Gasteiger partial charge in [-0.25, -0.2) is 14.2 Å². The lowest BCUT2D eigenvalue weighted by atomic mass is 9.99. The van der Waals surface area contributed by atoms with Crippen LogP contribution in [0.2, 0.25) is 0 Å². The van der Waals surface area contributed by atoms with Crippen molar-refractivity contribution in [1.29, 1.82) is 0 Å². The van der Waals surface area contributed by atoms with Gasteiger partial charge in [-0.2, -0.15) is 5.10 Å². The van der Waals surface area contributed by atoms with Gasteiger partial charge < -0.3 is 9.64 Å². The second kappa shape index (κ2) is 8.72. The highest BCUT2D eigenvalue weighted by molar-refractivity contribution is 5.90. The first kappa shape index (κ1) is 24.0. The van der Waals surface area contributed by atoms with Crippen molar-refractivity contribution in [2.45, 2.75) is 52.2 Å². The molecule has 1 saturated heterocycles. The van der Waals surface area contributed by atoms with Gasteiger partial charge in [-0.3, -0.25) is 14.0 Å². The Morgan fingerprint density at radius 1 is 1.11 bits per heavy atom. The molecular weight excluding hydrogens is 461 g/mol. The van der Waals surface area contributed by atoms with Crippen molar-refractivity contribution in [3.63, 3.8) is 0 Å². The number of rotatable bonds is 2. The van der Waals surface area contributed by atoms with Crippen LogP contribution in [0, 0.1) is 12.7 Å². The van der Waals surface area contributed by atoms with Gasteiger partial charge in [0.15, 0.2) is 0 Å². The van der Waals surface area contributed by atoms with Gasteiger partial charge in [0.05, 0.1) is 17.4 Å². The first-order valence-corrected chi connectivity index (χ1v) is 12.1. The van der Waals surface area contributed by atoms with E-state index in [4.69, 9.17) is 4.74 Å². The van der Waals surface area contributed by atoms with E-state index < -0.39 is 17.0 Å². The summed E-state index contributed by atoms with van der Waals surface area (Å²) < 4.78 is 24.0. The molecule has 36 heavy (non-hydrogen) atoms. The lowest BCUT2D eigenvalue weighted by Gasteiger charge is -2.34. The summed E-state index contributed by atoms with van der Waals surface area (Å²) in [6.45, 7) is 8.38. The third kappa shape index (κ3) is 4.45. The molecule has 0 bridgehead atoms. The van der Waals surface area contributed by atoms with Crippen molar-refractivity contribution in [2.75, 3.05) is 13.1 Å². The number of aryl methyl sites for hydroxylation is 2. The van der Waals surface area contributed by atoms with Crippen LogP contribution in [0.1, 0.15) is 45.2 Å². The number of amides is 1. The van der Waals surface area contributed by atoms with Crippen molar-refractivity contribution >= 4 is 27.9 Å². The van der Waals surface area contributed by atoms with Crippen LogP contribution in [0.4, 0.5) is 9.18 Å². The summed E-state index contributed by atoms with van der Waals surface area (Å²) in [7, 11) is 1.87. The molecule has 0 unspecified atom stereocenters. The standard InChI is InChI=1S/C27H30FN5O3/c1-16-10-17(11-19-14-31(5)30-24(16)19)18-12-21(28)23-22(13-18)29-15-33(25(23)34)20-6-8-32(9-7-20)26(35)36-27(2,3)4/h10-15,20H,6-9H2,1-5H3. The first-order valence-electron chi connectivity index (χ1n) is 12.1. The maximum Gasteiger partial charge on any atom is 0.410 e. The fourth-order valence-corrected chi connectivity index (χ4v) is 4.89. The van der Waals surface area contributed by atoms with Gasteiger partial charge in [-0.15, -0.1) is 0 Å². The van der Waals surface area contributed by atoms with Crippen LogP contribution < -0.4 is 5.56 Å². The molecule has 1 aliphatic rings. The van der Waals surface area contributed by atoms with Gasteiger partial charge in [-0.1, -0.05) is 0 Å². The maximum atomic E-state index is 15.3. The molecule has 1 aliphatic heterocycles. The Hall–Kier alpha value is -3.75. The summed E-state index contributed by atoms with van der Waals surface area (Å²) >= 11 is 0. The summed E-state index contributed by atoms with van der Waals surface area (Å²) in [4.78, 5) is 31.8. The SMILES string of the molecule is Cc1cc(-c2cc(F)c3c(=O)n(C4CCN(C(=O)OC(C)(C)C)CC4)cnc3c2)cc2cn(C)nc12. The number of nitrogens with zero attached hydrogens (tertiary/aromatic N) is 5. The number of fused-ring (bicyclic) bond motifs is 2. The van der Waals surface area contributed by atoms with Crippen LogP contribution in [0.3, 0.4) is 0 Å². The molecular formula is C27H30FN5O3. The number of piperidine rings is 1. The second-order valence-corrected chi connectivity index (χ2v) is 10.5. The molecule has 4 aromatic rings. The Morgan fingerprint density at radius 2 is 1.81 bits per heavy atom. The molecule has 0 saturated carbocycles. The van der Waals surface area contributed by atoms with Crippen molar-refractivity contribution in [3.8, 4) is 11.1 Å². The minimum atomic E-state index is -0.593. The van der Waals surface area contributed by atoms with E-state index >= 15 is 4.39 Å². The molecule has 2 aromatic carbocycles. The topological polar surface area (TPSA) is 82.3 Å². The molecule has 0 atom stereocenters. The number of hydrogen-bond acceptors (Lipinski definition) is 5. The van der Waals surface area contributed by atoms with Crippen molar-refractivity contribution in [3.05, 3.63) is 58.5 Å². The summed E-state index contributed by atoms with van der Waals surface area (Å²) in [5, 5.41) is 5.42. The number of aromatic nitrogens is 4. The van der Waals surface area contributed by atoms with Crippen molar-refractivity contribution in [2.24, 2.45) is 7.05 Å². The maximum absolute atomic E-state index is 15.3. The van der Waals surface area contributed by atoms with E-state index in [1.807, 2.05) is 53.1 Å². The molecule has 5 rings (SSSR count). The quantitative estimate of drug-likeness (QED) is 0.395. The third-order valence-corrected chi connectivity index (χ3v) is 6.60. The van der Waals surface area contributed by atoms with Crippen LogP contribution >= 0.6 is 0 Å². The molecule has 3 heterocycles. The highest BCUT2D eigenvalue weighted by atomic mass is 19.1. The average Bonchev–Trinajstić information content (AvgIpc) is 3.19. The normalized spacial score (nSPS) is 15.1. The van der Waals surface area contributed by atoms with E-state index in [1.54, 1.807) is 15.6 Å². The van der Waals surface area contributed by atoms with Crippen molar-refractivity contribution in [1.82, 2.24) is 24.2 Å². The number of benzene rings is 2. The van der Waals surface area contributed by atoms with E-state index in [1.165, 1.54) is 17.0 Å². The highest BCUT2D eigenvalue weighted by Gasteiger charge is 2.28. The number of ether oxygens (including phenoxy) is 1. The molecule has 2 aromatic heterocycles. The van der Waals surface area contributed by atoms with Crippen LogP contribution in [0.25, 0.3) is 32.9 Å². The summed E-state index contributed by atoms with van der Waals surface area (Å²) in [5.41, 5.74) is 2.75. The molecule has 188 valence electrons. The molecule has 0 N–H and O–H groups in total. The first-order chi connectivity index (χ1) is 17.0. The largest absolute Gasteiger partial charge is 0.444 e. The number of likely N-dealkylation sites (tertiary alicyclic amines) is 1. The van der Waals surface area contributed by atoms with Gasteiger partial charge >= 0.3 is 6.09 Å². The Kier molecular flexibility index (Phi) is 5.81. The van der Waals surface area contributed by atoms with Crippen LogP contribution in [0.5, 0.6) is 0 Å². The fourth-order valence-electron chi connectivity index (χ4n) is 4.89. The Labute approximate surface area is 208 Å². The van der Waals surface area contributed by atoms with E-state index in [-0.39, 0.29) is 17.5 Å². The van der Waals surface area contributed by atoms with Gasteiger partial charge in [0.2, 0.25) is 0 Å². The minimum absolute atomic E-state index is 0.0185. The lowest BCUT2D eigenvalue weighted by molar-refractivity contribution is 0.0187. The zero-order chi connectivity index (χ0) is 25.8. The Bertz CT molecular complexity index is 1540. The van der Waals surface area contributed by atoms with Crippen LogP contribution in [-0.4, -0.2) is 49.0 Å². The minimum Gasteiger partial charge on any atom is -0.444 e. The zero-order valence-electron chi connectivity index (χ0n) is 21.2. The average molecular weight is 492 g/mol. The molecule has 8 nitrogen and oxygen atoms in total. The Balaban J connectivity index is 1.43. The van der Waals surface area contributed by atoms with E-state index in [0.717, 1.165) is 22.0 Å². The molecule has 0 radical (unpaired) electrons. The van der Waals surface area contributed by atoms with Gasteiger partial charge in [-0.05, 0) is 81.5 Å². The van der Waals surface area contributed by atoms with Gasteiger partial charge in [0, 0.05) is 37.8 Å². The second-order valence-electron chi connectivity index (χ2n) is 10.5. The monoisotopic (exact) mass is 491 g/mol. The zero-order valence-corrected chi connectivity index (χ0v) is 21.2.